The number of aliphatic carboxylic acids is 1. The lowest BCUT2D eigenvalue weighted by atomic mass is 9.75. The third-order valence-corrected chi connectivity index (χ3v) is 11.9. The number of carbonyl (C=O) groups excluding carboxylic acids is 1. The van der Waals surface area contributed by atoms with Crippen LogP contribution >= 0.6 is 0 Å². The number of anilines is 1. The quantitative estimate of drug-likeness (QED) is 0.0487. The minimum Gasteiger partial charge on any atom is -0.550 e. The molecular weight excluding hydrogens is 803 g/mol. The highest BCUT2D eigenvalue weighted by Crippen LogP contribution is 2.55. The average Bonchev–Trinajstić information content (AvgIpc) is 3.41. The molecule has 10 nitrogen and oxygen atoms in total. The molecule has 1 atom stereocenters. The molecule has 0 aliphatic carbocycles. The van der Waals surface area contributed by atoms with E-state index in [1.54, 1.807) is 36.7 Å². The molecule has 0 aromatic heterocycles. The van der Waals surface area contributed by atoms with Crippen molar-refractivity contribution in [3.8, 4) is 0 Å². The van der Waals surface area contributed by atoms with Gasteiger partial charge in [-0.25, -0.2) is 13.2 Å². The van der Waals surface area contributed by atoms with Crippen LogP contribution in [0.25, 0.3) is 0 Å². The lowest BCUT2D eigenvalue weighted by molar-refractivity contribution is -0.438. The van der Waals surface area contributed by atoms with Crippen LogP contribution in [0.15, 0.2) is 60.3 Å². The van der Waals surface area contributed by atoms with Gasteiger partial charge in [0.1, 0.15) is 24.0 Å². The molecule has 0 fully saturated rings. The highest BCUT2D eigenvalue weighted by molar-refractivity contribution is 7.86. The summed E-state index contributed by atoms with van der Waals surface area (Å²) in [5.74, 6) is -5.14. The molecule has 314 valence electrons. The first kappa shape index (κ1) is 45.7. The number of carbonyl (C=O) groups is 1. The Morgan fingerprint density at radius 2 is 1.46 bits per heavy atom. The van der Waals surface area contributed by atoms with Gasteiger partial charge < -0.3 is 14.8 Å². The number of allylic oxidation sites excluding steroid dienone is 6. The fourth-order valence-electron chi connectivity index (χ4n) is 7.85. The van der Waals surface area contributed by atoms with Crippen LogP contribution < -0.4 is 10.0 Å². The third kappa shape index (κ3) is 11.4. The van der Waals surface area contributed by atoms with Gasteiger partial charge in [-0.3, -0.25) is 9.11 Å². The molecule has 2 aliphatic rings. The molecule has 2 aromatic rings. The predicted octanol–water partition coefficient (Wildman–Crippen LogP) is 7.31. The number of nitrogens with zero attached hydrogens (tertiary/aromatic N) is 2. The maximum absolute atomic E-state index is 15.2. The van der Waals surface area contributed by atoms with Crippen LogP contribution in [0.2, 0.25) is 0 Å². The topological polar surface area (TPSA) is 155 Å². The van der Waals surface area contributed by atoms with Gasteiger partial charge in [0.25, 0.3) is 20.2 Å². The summed E-state index contributed by atoms with van der Waals surface area (Å²) in [7, 11) is -8.72. The lowest BCUT2D eigenvalue weighted by Gasteiger charge is -2.31. The summed E-state index contributed by atoms with van der Waals surface area (Å²) in [4.78, 5) is 12.3. The van der Waals surface area contributed by atoms with Crippen LogP contribution in [-0.2, 0) is 42.0 Å². The van der Waals surface area contributed by atoms with Crippen LogP contribution in [0.1, 0.15) is 95.2 Å². The molecular formula is C39H46F6N2O8S2. The lowest BCUT2D eigenvalue weighted by Crippen LogP contribution is -2.30. The van der Waals surface area contributed by atoms with Crippen LogP contribution in [-0.4, -0.2) is 66.8 Å². The summed E-state index contributed by atoms with van der Waals surface area (Å²) in [5.41, 5.74) is -2.66. The Hall–Kier alpha value is -4.00. The minimum absolute atomic E-state index is 0.0378. The summed E-state index contributed by atoms with van der Waals surface area (Å²) >= 11 is 0. The van der Waals surface area contributed by atoms with Gasteiger partial charge >= 0.3 is 6.18 Å². The Balaban J connectivity index is 1.78. The van der Waals surface area contributed by atoms with Crippen LogP contribution in [0.5, 0.6) is 0 Å². The van der Waals surface area contributed by atoms with E-state index in [0.29, 0.717) is 43.3 Å². The van der Waals surface area contributed by atoms with E-state index in [-0.39, 0.29) is 67.6 Å². The molecule has 4 rings (SSSR count). The van der Waals surface area contributed by atoms with E-state index in [2.05, 4.69) is 0 Å². The maximum atomic E-state index is 15.2. The molecule has 0 radical (unpaired) electrons. The second kappa shape index (κ2) is 17.9. The molecule has 57 heavy (non-hydrogen) atoms. The van der Waals surface area contributed by atoms with Gasteiger partial charge in [0.15, 0.2) is 5.71 Å². The second-order valence-corrected chi connectivity index (χ2v) is 18.1. The highest BCUT2D eigenvalue weighted by atomic mass is 32.2. The summed E-state index contributed by atoms with van der Waals surface area (Å²) in [6.07, 6.45) is 3.93. The Bertz CT molecular complexity index is 2200. The molecule has 0 amide bonds. The number of benzene rings is 2. The number of rotatable bonds is 19. The third-order valence-electron chi connectivity index (χ3n) is 10.3. The van der Waals surface area contributed by atoms with Gasteiger partial charge in [-0.2, -0.15) is 34.6 Å². The molecule has 2 heterocycles. The Labute approximate surface area is 328 Å². The maximum Gasteiger partial charge on any atom is 0.416 e. The largest absolute Gasteiger partial charge is 0.550 e. The van der Waals surface area contributed by atoms with Crippen LogP contribution in [0.4, 0.5) is 37.7 Å². The van der Waals surface area contributed by atoms with Crippen molar-refractivity contribution in [3.63, 3.8) is 0 Å². The number of halogens is 6. The summed E-state index contributed by atoms with van der Waals surface area (Å²) in [5, 5.41) is 10.9. The Morgan fingerprint density at radius 1 is 0.825 bits per heavy atom. The molecule has 2 N–H and O–H groups in total. The SMILES string of the molecule is CC1(C)C(C=CC=CC=C2N(CCCCS(=O)(=O)O)c3cc(F)cc(C(F)(F)F)c3C2(C)CCCCS(=O)(=O)O)=[N+](CCCCCC(=O)[O-])c2cc(F)cc(F)c21. The zero-order valence-corrected chi connectivity index (χ0v) is 33.3. The number of unbranched alkanes of at least 4 members (excludes halogenated alkanes) is 4. The number of hydrogen-bond donors (Lipinski definition) is 2. The van der Waals surface area contributed by atoms with Crippen molar-refractivity contribution in [3.05, 3.63) is 94.5 Å². The monoisotopic (exact) mass is 848 g/mol. The zero-order valence-electron chi connectivity index (χ0n) is 31.7. The number of fused-ring (bicyclic) bond motifs is 2. The number of carboxylic acids is 1. The zero-order chi connectivity index (χ0) is 42.6. The smallest absolute Gasteiger partial charge is 0.416 e. The average molecular weight is 849 g/mol. The normalized spacial score (nSPS) is 19.1. The number of hydrogen-bond acceptors (Lipinski definition) is 7. The van der Waals surface area contributed by atoms with E-state index in [1.165, 1.54) is 30.0 Å². The van der Waals surface area contributed by atoms with Crippen LogP contribution in [0, 0.1) is 17.5 Å². The van der Waals surface area contributed by atoms with Crippen molar-refractivity contribution in [2.24, 2.45) is 0 Å². The number of carboxylic acid groups (broad SMARTS) is 1. The summed E-state index contributed by atoms with van der Waals surface area (Å²) in [6, 6.07) is 3.34. The Kier molecular flexibility index (Phi) is 14.3. The second-order valence-electron chi connectivity index (χ2n) is 15.0. The van der Waals surface area contributed by atoms with E-state index in [0.717, 1.165) is 12.1 Å². The standard InChI is InChI=1S/C39H46F6N2O8S2/c1-37(2)32(46(18-10-5-8-16-34(48)49)31-25-27(41)23-29(42)36(31)37)14-6-4-7-15-33-38(3,17-9-12-20-56(50,51)52)35-28(39(43,44)45)22-26(40)24-30(35)47(33)19-11-13-21-57(53,54)55/h4,6-7,14-15,22-25H,5,8-13,16-21H2,1-3H3,(H2-,48,49,50,51,52,53,54,55). The molecule has 0 saturated carbocycles. The van der Waals surface area contributed by atoms with E-state index >= 15 is 4.39 Å². The minimum atomic E-state index is -5.00. The van der Waals surface area contributed by atoms with E-state index < -0.39 is 77.7 Å². The van der Waals surface area contributed by atoms with E-state index in [9.17, 15) is 57.8 Å². The highest BCUT2D eigenvalue weighted by Gasteiger charge is 2.50. The van der Waals surface area contributed by atoms with Gasteiger partial charge in [0, 0.05) is 53.9 Å². The van der Waals surface area contributed by atoms with E-state index in [1.807, 2.05) is 0 Å². The molecule has 0 saturated heterocycles. The number of alkyl halides is 3. The van der Waals surface area contributed by atoms with Crippen LogP contribution in [0.3, 0.4) is 0 Å². The first-order valence-corrected chi connectivity index (χ1v) is 21.6. The van der Waals surface area contributed by atoms with Crippen molar-refractivity contribution in [2.75, 3.05) is 29.5 Å². The first-order chi connectivity index (χ1) is 26.4. The predicted molar refractivity (Wildman–Crippen MR) is 201 cm³/mol. The van der Waals surface area contributed by atoms with Crippen molar-refractivity contribution < 1.29 is 66.8 Å². The van der Waals surface area contributed by atoms with Gasteiger partial charge in [-0.1, -0.05) is 24.6 Å². The summed E-state index contributed by atoms with van der Waals surface area (Å²) in [6.45, 7) is 5.25. The molecule has 1 unspecified atom stereocenters. The van der Waals surface area contributed by atoms with Crippen molar-refractivity contribution in [1.82, 2.24) is 0 Å². The molecule has 18 heteroatoms. The fraction of sp³-hybridized carbons (Fsp3) is 0.487. The summed E-state index contributed by atoms with van der Waals surface area (Å²) < 4.78 is 154. The van der Waals surface area contributed by atoms with Crippen molar-refractivity contribution in [2.45, 2.75) is 95.6 Å². The molecule has 2 aromatic carbocycles. The molecule has 2 aliphatic heterocycles. The van der Waals surface area contributed by atoms with Gasteiger partial charge in [0.2, 0.25) is 5.69 Å². The van der Waals surface area contributed by atoms with Gasteiger partial charge in [-0.15, -0.1) is 0 Å². The molecule has 0 bridgehead atoms. The molecule has 0 spiro atoms. The first-order valence-electron chi connectivity index (χ1n) is 18.4. The van der Waals surface area contributed by atoms with Gasteiger partial charge in [-0.05, 0) is 89.5 Å². The van der Waals surface area contributed by atoms with Gasteiger partial charge in [0.05, 0.1) is 28.0 Å². The van der Waals surface area contributed by atoms with Crippen molar-refractivity contribution >= 4 is 43.3 Å². The van der Waals surface area contributed by atoms with E-state index in [4.69, 9.17) is 0 Å². The fourth-order valence-corrected chi connectivity index (χ4v) is 8.99. The van der Waals surface area contributed by atoms with Crippen molar-refractivity contribution in [1.29, 1.82) is 0 Å². The Morgan fingerprint density at radius 3 is 2.07 bits per heavy atom.